The smallest absolute Gasteiger partial charge is 0.0991 e. The van der Waals surface area contributed by atoms with E-state index in [1.165, 1.54) is 11.3 Å². The van der Waals surface area contributed by atoms with Crippen molar-refractivity contribution in [2.75, 3.05) is 13.6 Å². The molecule has 0 aliphatic carbocycles. The molecule has 94 valence electrons. The highest BCUT2D eigenvalue weighted by Crippen LogP contribution is 2.22. The molecule has 0 unspecified atom stereocenters. The van der Waals surface area contributed by atoms with Crippen LogP contribution in [0.1, 0.15) is 16.8 Å². The largest absolute Gasteiger partial charge is 0.302 e. The van der Waals surface area contributed by atoms with Gasteiger partial charge >= 0.3 is 0 Å². The summed E-state index contributed by atoms with van der Waals surface area (Å²) in [7, 11) is 2.14. The molecule has 0 atom stereocenters. The third-order valence-electron chi connectivity index (χ3n) is 3.55. The molecule has 2 heterocycles. The molecule has 3 rings (SSSR count). The average molecular weight is 249 g/mol. The van der Waals surface area contributed by atoms with Gasteiger partial charge in [-0.05, 0) is 30.8 Å². The lowest BCUT2D eigenvalue weighted by Gasteiger charge is -2.24. The van der Waals surface area contributed by atoms with Gasteiger partial charge in [0.05, 0.1) is 17.3 Å². The number of hydrogen-bond donors (Lipinski definition) is 0. The first-order chi connectivity index (χ1) is 9.26. The molecule has 0 amide bonds. The Kier molecular flexibility index (Phi) is 3.02. The number of hydrogen-bond acceptors (Lipinski definition) is 3. The van der Waals surface area contributed by atoms with E-state index < -0.39 is 0 Å². The molecule has 3 heteroatoms. The zero-order chi connectivity index (χ0) is 13.2. The van der Waals surface area contributed by atoms with E-state index >= 15 is 0 Å². The molecule has 1 aliphatic heterocycles. The first-order valence-corrected chi connectivity index (χ1v) is 6.44. The maximum atomic E-state index is 8.81. The number of aromatic nitrogens is 1. The minimum Gasteiger partial charge on any atom is -0.302 e. The minimum atomic E-state index is 0.684. The van der Waals surface area contributed by atoms with E-state index in [9.17, 15) is 0 Å². The monoisotopic (exact) mass is 249 g/mol. The van der Waals surface area contributed by atoms with E-state index in [0.29, 0.717) is 5.56 Å². The highest BCUT2D eigenvalue weighted by Gasteiger charge is 2.14. The van der Waals surface area contributed by atoms with E-state index in [2.05, 4.69) is 30.1 Å². The van der Waals surface area contributed by atoms with Crippen molar-refractivity contribution in [1.82, 2.24) is 9.88 Å². The van der Waals surface area contributed by atoms with Crippen LogP contribution in [0.3, 0.4) is 0 Å². The average Bonchev–Trinajstić information content (AvgIpc) is 2.47. The van der Waals surface area contributed by atoms with Gasteiger partial charge in [0.2, 0.25) is 0 Å². The van der Waals surface area contributed by atoms with E-state index in [1.807, 2.05) is 24.3 Å². The van der Waals surface area contributed by atoms with Crippen molar-refractivity contribution in [1.29, 1.82) is 5.26 Å². The Labute approximate surface area is 113 Å². The van der Waals surface area contributed by atoms with Crippen molar-refractivity contribution in [3.05, 3.63) is 53.2 Å². The number of nitriles is 1. The molecule has 0 saturated heterocycles. The van der Waals surface area contributed by atoms with Crippen LogP contribution in [-0.4, -0.2) is 23.5 Å². The summed E-state index contributed by atoms with van der Waals surface area (Å²) in [5, 5.41) is 8.81. The Morgan fingerprint density at radius 2 is 1.95 bits per heavy atom. The van der Waals surface area contributed by atoms with Crippen LogP contribution in [0.15, 0.2) is 36.4 Å². The second-order valence-corrected chi connectivity index (χ2v) is 4.98. The molecule has 0 radical (unpaired) electrons. The molecule has 0 fully saturated rings. The van der Waals surface area contributed by atoms with Crippen LogP contribution in [-0.2, 0) is 13.0 Å². The number of nitrogens with zero attached hydrogens (tertiary/aromatic N) is 3. The van der Waals surface area contributed by atoms with Crippen LogP contribution >= 0.6 is 0 Å². The topological polar surface area (TPSA) is 39.9 Å². The third kappa shape index (κ3) is 2.35. The molecule has 0 saturated carbocycles. The summed E-state index contributed by atoms with van der Waals surface area (Å²) >= 11 is 0. The fraction of sp³-hybridized carbons (Fsp3) is 0.250. The second kappa shape index (κ2) is 4.83. The molecule has 3 nitrogen and oxygen atoms in total. The Morgan fingerprint density at radius 3 is 2.68 bits per heavy atom. The predicted molar refractivity (Wildman–Crippen MR) is 74.4 cm³/mol. The first kappa shape index (κ1) is 11.9. The molecule has 1 aliphatic rings. The Hall–Kier alpha value is -2.18. The Balaban J connectivity index is 1.95. The number of benzene rings is 1. The molecular formula is C16H15N3. The van der Waals surface area contributed by atoms with E-state index in [-0.39, 0.29) is 0 Å². The number of rotatable bonds is 1. The van der Waals surface area contributed by atoms with Crippen LogP contribution in [0.2, 0.25) is 0 Å². The Morgan fingerprint density at radius 1 is 1.16 bits per heavy atom. The second-order valence-electron chi connectivity index (χ2n) is 4.98. The van der Waals surface area contributed by atoms with Gasteiger partial charge in [-0.1, -0.05) is 18.2 Å². The molecule has 1 aromatic carbocycles. The summed E-state index contributed by atoms with van der Waals surface area (Å²) in [6.45, 7) is 2.05. The van der Waals surface area contributed by atoms with Crippen molar-refractivity contribution in [3.63, 3.8) is 0 Å². The van der Waals surface area contributed by atoms with Crippen LogP contribution in [0, 0.1) is 11.3 Å². The molecule has 0 bridgehead atoms. The molecule has 0 spiro atoms. The van der Waals surface area contributed by atoms with Gasteiger partial charge in [0.1, 0.15) is 0 Å². The zero-order valence-corrected chi connectivity index (χ0v) is 10.9. The Bertz CT molecular complexity index is 638. The quantitative estimate of drug-likeness (QED) is 0.780. The zero-order valence-electron chi connectivity index (χ0n) is 10.9. The lowest BCUT2D eigenvalue weighted by molar-refractivity contribution is 0.310. The lowest BCUT2D eigenvalue weighted by atomic mass is 10.0. The van der Waals surface area contributed by atoms with Crippen molar-refractivity contribution >= 4 is 0 Å². The van der Waals surface area contributed by atoms with Crippen molar-refractivity contribution in [2.24, 2.45) is 0 Å². The van der Waals surface area contributed by atoms with Gasteiger partial charge in [-0.2, -0.15) is 5.26 Å². The summed E-state index contributed by atoms with van der Waals surface area (Å²) < 4.78 is 0. The van der Waals surface area contributed by atoms with Crippen molar-refractivity contribution < 1.29 is 0 Å². The summed E-state index contributed by atoms with van der Waals surface area (Å²) in [6.07, 6.45) is 1.01. The van der Waals surface area contributed by atoms with E-state index in [0.717, 1.165) is 30.8 Å². The SMILES string of the molecule is CN1CCc2nc(-c3ccc(C#N)cc3)ccc2C1. The number of pyridine rings is 1. The highest BCUT2D eigenvalue weighted by molar-refractivity contribution is 5.61. The molecule has 19 heavy (non-hydrogen) atoms. The van der Waals surface area contributed by atoms with Crippen LogP contribution in [0.5, 0.6) is 0 Å². The molecule has 2 aromatic rings. The van der Waals surface area contributed by atoms with Gasteiger partial charge in [0.25, 0.3) is 0 Å². The summed E-state index contributed by atoms with van der Waals surface area (Å²) in [5.74, 6) is 0. The van der Waals surface area contributed by atoms with Gasteiger partial charge in [0.15, 0.2) is 0 Å². The van der Waals surface area contributed by atoms with Crippen molar-refractivity contribution in [2.45, 2.75) is 13.0 Å². The lowest BCUT2D eigenvalue weighted by Crippen LogP contribution is -2.27. The van der Waals surface area contributed by atoms with Gasteiger partial charge in [-0.25, -0.2) is 0 Å². The fourth-order valence-corrected chi connectivity index (χ4v) is 2.43. The molecular weight excluding hydrogens is 234 g/mol. The maximum Gasteiger partial charge on any atom is 0.0991 e. The summed E-state index contributed by atoms with van der Waals surface area (Å²) in [5.41, 5.74) is 5.28. The molecule has 0 N–H and O–H groups in total. The normalized spacial score (nSPS) is 14.7. The maximum absolute atomic E-state index is 8.81. The third-order valence-corrected chi connectivity index (χ3v) is 3.55. The minimum absolute atomic E-state index is 0.684. The first-order valence-electron chi connectivity index (χ1n) is 6.44. The van der Waals surface area contributed by atoms with Gasteiger partial charge in [-0.3, -0.25) is 4.98 Å². The van der Waals surface area contributed by atoms with Crippen molar-refractivity contribution in [3.8, 4) is 17.3 Å². The van der Waals surface area contributed by atoms with Gasteiger partial charge in [0, 0.05) is 30.8 Å². The van der Waals surface area contributed by atoms with Gasteiger partial charge < -0.3 is 4.90 Å². The standard InChI is InChI=1S/C16H15N3/c1-19-9-8-16-14(11-19)6-7-15(18-16)13-4-2-12(10-17)3-5-13/h2-7H,8-9,11H2,1H3. The number of likely N-dealkylation sites (N-methyl/N-ethyl adjacent to an activating group) is 1. The summed E-state index contributed by atoms with van der Waals surface area (Å²) in [6, 6.07) is 14.0. The van der Waals surface area contributed by atoms with E-state index in [4.69, 9.17) is 10.2 Å². The summed E-state index contributed by atoms with van der Waals surface area (Å²) in [4.78, 5) is 7.07. The van der Waals surface area contributed by atoms with E-state index in [1.54, 1.807) is 0 Å². The van der Waals surface area contributed by atoms with Crippen LogP contribution in [0.4, 0.5) is 0 Å². The highest BCUT2D eigenvalue weighted by atomic mass is 15.1. The van der Waals surface area contributed by atoms with Gasteiger partial charge in [-0.15, -0.1) is 0 Å². The number of fused-ring (bicyclic) bond motifs is 1. The fourth-order valence-electron chi connectivity index (χ4n) is 2.43. The molecule has 1 aromatic heterocycles. The predicted octanol–water partition coefficient (Wildman–Crippen LogP) is 2.61. The van der Waals surface area contributed by atoms with Crippen LogP contribution < -0.4 is 0 Å². The van der Waals surface area contributed by atoms with Crippen LogP contribution in [0.25, 0.3) is 11.3 Å².